The van der Waals surface area contributed by atoms with Gasteiger partial charge in [-0.2, -0.15) is 13.2 Å². The molecule has 2 nitrogen and oxygen atoms in total. The van der Waals surface area contributed by atoms with E-state index in [0.29, 0.717) is 5.02 Å². The second-order valence-electron chi connectivity index (χ2n) is 5.46. The predicted molar refractivity (Wildman–Crippen MR) is 78.7 cm³/mol. The van der Waals surface area contributed by atoms with Crippen LogP contribution in [0.4, 0.5) is 13.2 Å². The molecule has 0 amide bonds. The van der Waals surface area contributed by atoms with Crippen LogP contribution in [0, 0.1) is 6.92 Å². The fourth-order valence-corrected chi connectivity index (χ4v) is 3.07. The first-order valence-corrected chi connectivity index (χ1v) is 7.52. The fraction of sp³-hybridized carbons (Fsp3) is 0.600. The lowest BCUT2D eigenvalue weighted by Crippen LogP contribution is -2.45. The summed E-state index contributed by atoms with van der Waals surface area (Å²) in [6, 6.07) is 5.23. The highest BCUT2D eigenvalue weighted by Crippen LogP contribution is 2.33. The van der Waals surface area contributed by atoms with Gasteiger partial charge in [0.15, 0.2) is 0 Å². The molecule has 1 saturated heterocycles. The van der Waals surface area contributed by atoms with E-state index in [1.165, 1.54) is 0 Å². The van der Waals surface area contributed by atoms with Crippen LogP contribution in [-0.2, 0) is 0 Å². The Morgan fingerprint density at radius 2 is 1.95 bits per heavy atom. The van der Waals surface area contributed by atoms with E-state index in [9.17, 15) is 13.2 Å². The van der Waals surface area contributed by atoms with Crippen LogP contribution in [0.5, 0.6) is 0 Å². The Morgan fingerprint density at radius 1 is 1.29 bits per heavy atom. The molecular formula is C15H20ClF3N2. The molecular weight excluding hydrogens is 301 g/mol. The van der Waals surface area contributed by atoms with Crippen molar-refractivity contribution in [1.82, 2.24) is 10.2 Å². The minimum Gasteiger partial charge on any atom is -0.314 e. The number of nitrogens with one attached hydrogen (secondary N) is 1. The summed E-state index contributed by atoms with van der Waals surface area (Å²) in [7, 11) is 0. The smallest absolute Gasteiger partial charge is 0.314 e. The number of aryl methyl sites for hydroxylation is 1. The molecule has 1 aromatic carbocycles. The van der Waals surface area contributed by atoms with Gasteiger partial charge in [-0.05, 0) is 36.6 Å². The van der Waals surface area contributed by atoms with Crippen LogP contribution in [0.25, 0.3) is 0 Å². The molecule has 0 aromatic heterocycles. The molecule has 0 spiro atoms. The summed E-state index contributed by atoms with van der Waals surface area (Å²) in [5.41, 5.74) is 1.90. The summed E-state index contributed by atoms with van der Waals surface area (Å²) >= 11 is 5.95. The molecule has 21 heavy (non-hydrogen) atoms. The highest BCUT2D eigenvalue weighted by molar-refractivity contribution is 6.30. The maximum Gasteiger partial charge on any atom is 0.389 e. The van der Waals surface area contributed by atoms with Crippen molar-refractivity contribution in [1.29, 1.82) is 0 Å². The van der Waals surface area contributed by atoms with E-state index in [4.69, 9.17) is 11.6 Å². The van der Waals surface area contributed by atoms with E-state index in [1.54, 1.807) is 6.07 Å². The molecule has 0 aliphatic carbocycles. The van der Waals surface area contributed by atoms with Crippen molar-refractivity contribution in [2.75, 3.05) is 26.2 Å². The third-order valence-corrected chi connectivity index (χ3v) is 4.12. The van der Waals surface area contributed by atoms with Gasteiger partial charge in [-0.25, -0.2) is 0 Å². The third-order valence-electron chi connectivity index (χ3n) is 3.88. The van der Waals surface area contributed by atoms with Gasteiger partial charge in [-0.3, -0.25) is 4.90 Å². The van der Waals surface area contributed by atoms with Crippen LogP contribution in [-0.4, -0.2) is 37.3 Å². The Labute approximate surface area is 128 Å². The van der Waals surface area contributed by atoms with Gasteiger partial charge in [0.05, 0.1) is 0 Å². The van der Waals surface area contributed by atoms with Crippen molar-refractivity contribution in [3.05, 3.63) is 34.3 Å². The summed E-state index contributed by atoms with van der Waals surface area (Å²) in [5, 5.41) is 3.85. The van der Waals surface area contributed by atoms with Crippen molar-refractivity contribution in [3.8, 4) is 0 Å². The average molecular weight is 321 g/mol. The Morgan fingerprint density at radius 3 is 2.52 bits per heavy atom. The summed E-state index contributed by atoms with van der Waals surface area (Å²) in [4.78, 5) is 2.14. The van der Waals surface area contributed by atoms with Crippen LogP contribution in [0.3, 0.4) is 0 Å². The molecule has 0 unspecified atom stereocenters. The predicted octanol–water partition coefficient (Wildman–Crippen LogP) is 3.94. The Hall–Kier alpha value is -0.780. The highest BCUT2D eigenvalue weighted by Gasteiger charge is 2.31. The van der Waals surface area contributed by atoms with Crippen LogP contribution >= 0.6 is 11.6 Å². The van der Waals surface area contributed by atoms with Crippen LogP contribution in [0.1, 0.15) is 30.0 Å². The largest absolute Gasteiger partial charge is 0.389 e. The first-order chi connectivity index (χ1) is 9.87. The Kier molecular flexibility index (Phi) is 5.52. The highest BCUT2D eigenvalue weighted by atomic mass is 35.5. The average Bonchev–Trinajstić information content (AvgIpc) is 2.41. The van der Waals surface area contributed by atoms with Gasteiger partial charge in [0.25, 0.3) is 0 Å². The van der Waals surface area contributed by atoms with E-state index in [-0.39, 0.29) is 12.5 Å². The number of hydrogen-bond donors (Lipinski definition) is 1. The number of piperazine rings is 1. The maximum atomic E-state index is 12.6. The molecule has 1 N–H and O–H groups in total. The van der Waals surface area contributed by atoms with Crippen LogP contribution < -0.4 is 5.32 Å². The SMILES string of the molecule is Cc1cc(Cl)ccc1[C@@H](CCC(F)(F)F)N1CCNCC1. The van der Waals surface area contributed by atoms with Gasteiger partial charge >= 0.3 is 6.18 Å². The normalized spacial score (nSPS) is 18.7. The Bertz CT molecular complexity index is 470. The molecule has 1 atom stereocenters. The molecule has 118 valence electrons. The third kappa shape index (κ3) is 4.87. The summed E-state index contributed by atoms with van der Waals surface area (Å²) < 4.78 is 37.8. The topological polar surface area (TPSA) is 15.3 Å². The number of hydrogen-bond acceptors (Lipinski definition) is 2. The first kappa shape index (κ1) is 16.6. The summed E-state index contributed by atoms with van der Waals surface area (Å²) in [5.74, 6) is 0. The van der Waals surface area contributed by atoms with E-state index in [0.717, 1.165) is 37.3 Å². The van der Waals surface area contributed by atoms with E-state index >= 15 is 0 Å². The van der Waals surface area contributed by atoms with Gasteiger partial charge in [0.1, 0.15) is 0 Å². The lowest BCUT2D eigenvalue weighted by Gasteiger charge is -2.36. The number of rotatable bonds is 4. The van der Waals surface area contributed by atoms with E-state index in [1.807, 2.05) is 19.1 Å². The molecule has 1 fully saturated rings. The lowest BCUT2D eigenvalue weighted by molar-refractivity contribution is -0.138. The van der Waals surface area contributed by atoms with Crippen molar-refractivity contribution < 1.29 is 13.2 Å². The fourth-order valence-electron chi connectivity index (χ4n) is 2.84. The Balaban J connectivity index is 2.21. The first-order valence-electron chi connectivity index (χ1n) is 7.14. The molecule has 1 aromatic rings. The van der Waals surface area contributed by atoms with Crippen molar-refractivity contribution in [2.45, 2.75) is 32.0 Å². The number of nitrogens with zero attached hydrogens (tertiary/aromatic N) is 1. The van der Waals surface area contributed by atoms with Crippen molar-refractivity contribution in [2.24, 2.45) is 0 Å². The van der Waals surface area contributed by atoms with Crippen molar-refractivity contribution in [3.63, 3.8) is 0 Å². The van der Waals surface area contributed by atoms with Crippen LogP contribution in [0.2, 0.25) is 5.02 Å². The minimum absolute atomic E-state index is 0.0893. The molecule has 0 saturated carbocycles. The monoisotopic (exact) mass is 320 g/mol. The van der Waals surface area contributed by atoms with Gasteiger partial charge in [0.2, 0.25) is 0 Å². The standard InChI is InChI=1S/C15H20ClF3N2/c1-11-10-12(16)2-3-13(11)14(4-5-15(17,18)19)21-8-6-20-7-9-21/h2-3,10,14,20H,4-9H2,1H3/t14-/m1/s1. The molecule has 2 rings (SSSR count). The zero-order chi connectivity index (χ0) is 15.5. The number of alkyl halides is 3. The zero-order valence-corrected chi connectivity index (χ0v) is 12.8. The van der Waals surface area contributed by atoms with Gasteiger partial charge in [-0.15, -0.1) is 0 Å². The minimum atomic E-state index is -4.12. The van der Waals surface area contributed by atoms with Crippen LogP contribution in [0.15, 0.2) is 18.2 Å². The second kappa shape index (κ2) is 6.99. The molecule has 1 aliphatic rings. The molecule has 1 heterocycles. The van der Waals surface area contributed by atoms with E-state index in [2.05, 4.69) is 10.2 Å². The molecule has 6 heteroatoms. The van der Waals surface area contributed by atoms with E-state index < -0.39 is 12.6 Å². The van der Waals surface area contributed by atoms with Gasteiger partial charge in [-0.1, -0.05) is 17.7 Å². The number of benzene rings is 1. The summed E-state index contributed by atoms with van der Waals surface area (Å²) in [6.45, 7) is 5.07. The molecule has 1 aliphatic heterocycles. The van der Waals surface area contributed by atoms with Gasteiger partial charge in [0, 0.05) is 43.7 Å². The van der Waals surface area contributed by atoms with Crippen molar-refractivity contribution >= 4 is 11.6 Å². The second-order valence-corrected chi connectivity index (χ2v) is 5.89. The maximum absolute atomic E-state index is 12.6. The zero-order valence-electron chi connectivity index (χ0n) is 12.0. The molecule has 0 radical (unpaired) electrons. The quantitative estimate of drug-likeness (QED) is 0.904. The van der Waals surface area contributed by atoms with Gasteiger partial charge < -0.3 is 5.32 Å². The lowest BCUT2D eigenvalue weighted by atomic mass is 9.95. The summed E-state index contributed by atoms with van der Waals surface area (Å²) in [6.07, 6.45) is -4.79. The number of halogens is 4. The molecule has 0 bridgehead atoms.